The minimum Gasteiger partial charge on any atom is -0.383 e. The van der Waals surface area contributed by atoms with Crippen LogP contribution in [-0.4, -0.2) is 19.8 Å². The van der Waals surface area contributed by atoms with Crippen molar-refractivity contribution in [1.82, 2.24) is 0 Å². The number of benzene rings is 1. The molecule has 15 heavy (non-hydrogen) atoms. The highest BCUT2D eigenvalue weighted by Gasteiger charge is 1.98. The van der Waals surface area contributed by atoms with E-state index in [1.165, 1.54) is 16.8 Å². The lowest BCUT2D eigenvalue weighted by Crippen LogP contribution is -2.10. The Bertz CT molecular complexity index is 297. The van der Waals surface area contributed by atoms with Gasteiger partial charge in [0.1, 0.15) is 0 Å². The van der Waals surface area contributed by atoms with E-state index < -0.39 is 0 Å². The first-order valence-corrected chi connectivity index (χ1v) is 5.63. The van der Waals surface area contributed by atoms with E-state index in [0.717, 1.165) is 26.2 Å². The van der Waals surface area contributed by atoms with E-state index >= 15 is 0 Å². The van der Waals surface area contributed by atoms with Crippen LogP contribution in [0.5, 0.6) is 0 Å². The Morgan fingerprint density at radius 2 is 2.00 bits per heavy atom. The molecule has 0 spiro atoms. The fourth-order valence-electron chi connectivity index (χ4n) is 1.45. The topological polar surface area (TPSA) is 21.3 Å². The summed E-state index contributed by atoms with van der Waals surface area (Å²) in [6.07, 6.45) is 1.09. The summed E-state index contributed by atoms with van der Waals surface area (Å²) in [6, 6.07) is 6.33. The van der Waals surface area contributed by atoms with Gasteiger partial charge >= 0.3 is 0 Å². The van der Waals surface area contributed by atoms with Gasteiger partial charge in [0.25, 0.3) is 0 Å². The minimum atomic E-state index is 0.779. The third-order valence-corrected chi connectivity index (χ3v) is 2.51. The van der Waals surface area contributed by atoms with Gasteiger partial charge in [0, 0.05) is 18.8 Å². The molecule has 1 N–H and O–H groups in total. The summed E-state index contributed by atoms with van der Waals surface area (Å²) in [4.78, 5) is 0. The van der Waals surface area contributed by atoms with Crippen molar-refractivity contribution in [2.24, 2.45) is 0 Å². The minimum absolute atomic E-state index is 0.779. The molecule has 0 aromatic heterocycles. The molecule has 0 aliphatic rings. The maximum atomic E-state index is 5.41. The summed E-state index contributed by atoms with van der Waals surface area (Å²) < 4.78 is 5.41. The fourth-order valence-corrected chi connectivity index (χ4v) is 1.45. The van der Waals surface area contributed by atoms with Crippen molar-refractivity contribution < 1.29 is 4.74 Å². The van der Waals surface area contributed by atoms with Crippen LogP contribution in [0, 0.1) is 13.8 Å². The molecule has 2 heteroatoms. The van der Waals surface area contributed by atoms with Gasteiger partial charge in [0.15, 0.2) is 0 Å². The van der Waals surface area contributed by atoms with Gasteiger partial charge < -0.3 is 10.1 Å². The lowest BCUT2D eigenvalue weighted by molar-refractivity contribution is 0.144. The molecule has 0 saturated carbocycles. The summed E-state index contributed by atoms with van der Waals surface area (Å²) in [7, 11) is 0. The second kappa shape index (κ2) is 6.46. The molecule has 0 atom stereocenters. The molecule has 0 bridgehead atoms. The van der Waals surface area contributed by atoms with Gasteiger partial charge in [0.05, 0.1) is 6.61 Å². The SMILES string of the molecule is CCCOCCNc1cccc(C)c1C. The first kappa shape index (κ1) is 12.1. The van der Waals surface area contributed by atoms with Gasteiger partial charge in [-0.15, -0.1) is 0 Å². The van der Waals surface area contributed by atoms with Crippen molar-refractivity contribution in [2.45, 2.75) is 27.2 Å². The van der Waals surface area contributed by atoms with E-state index in [9.17, 15) is 0 Å². The highest BCUT2D eigenvalue weighted by Crippen LogP contribution is 2.17. The number of anilines is 1. The zero-order valence-electron chi connectivity index (χ0n) is 9.97. The molecule has 0 heterocycles. The number of hydrogen-bond acceptors (Lipinski definition) is 2. The van der Waals surface area contributed by atoms with Crippen molar-refractivity contribution in [3.63, 3.8) is 0 Å². The fraction of sp³-hybridized carbons (Fsp3) is 0.538. The molecule has 0 amide bonds. The smallest absolute Gasteiger partial charge is 0.0639 e. The Balaban J connectivity index is 2.34. The summed E-state index contributed by atoms with van der Waals surface area (Å²) in [6.45, 7) is 8.91. The molecule has 0 fully saturated rings. The number of nitrogens with one attached hydrogen (secondary N) is 1. The molecular formula is C13H21NO. The monoisotopic (exact) mass is 207 g/mol. The second-order valence-electron chi connectivity index (χ2n) is 3.79. The van der Waals surface area contributed by atoms with E-state index in [-0.39, 0.29) is 0 Å². The van der Waals surface area contributed by atoms with Gasteiger partial charge in [0.2, 0.25) is 0 Å². The standard InChI is InChI=1S/C13H21NO/c1-4-9-15-10-8-14-13-7-5-6-11(2)12(13)3/h5-7,14H,4,8-10H2,1-3H3. The summed E-state index contributed by atoms with van der Waals surface area (Å²) in [5.74, 6) is 0. The maximum absolute atomic E-state index is 5.41. The Kier molecular flexibility index (Phi) is 5.19. The Hall–Kier alpha value is -1.02. The molecule has 1 aromatic rings. The summed E-state index contributed by atoms with van der Waals surface area (Å²) >= 11 is 0. The highest BCUT2D eigenvalue weighted by molar-refractivity contribution is 5.53. The number of ether oxygens (including phenoxy) is 1. The Morgan fingerprint density at radius 1 is 1.20 bits per heavy atom. The maximum Gasteiger partial charge on any atom is 0.0639 e. The molecule has 0 unspecified atom stereocenters. The zero-order chi connectivity index (χ0) is 11.1. The van der Waals surface area contributed by atoms with Crippen molar-refractivity contribution >= 4 is 5.69 Å². The normalized spacial score (nSPS) is 10.3. The second-order valence-corrected chi connectivity index (χ2v) is 3.79. The van der Waals surface area contributed by atoms with E-state index in [1.807, 2.05) is 0 Å². The van der Waals surface area contributed by atoms with Crippen molar-refractivity contribution in [3.8, 4) is 0 Å². The highest BCUT2D eigenvalue weighted by atomic mass is 16.5. The van der Waals surface area contributed by atoms with Crippen LogP contribution in [0.25, 0.3) is 0 Å². The summed E-state index contributed by atoms with van der Waals surface area (Å²) in [5, 5.41) is 3.39. The van der Waals surface area contributed by atoms with Crippen LogP contribution in [0.15, 0.2) is 18.2 Å². The first-order chi connectivity index (χ1) is 7.25. The molecule has 1 rings (SSSR count). The summed E-state index contributed by atoms with van der Waals surface area (Å²) in [5.41, 5.74) is 3.87. The molecule has 2 nitrogen and oxygen atoms in total. The van der Waals surface area contributed by atoms with Gasteiger partial charge in [-0.25, -0.2) is 0 Å². The van der Waals surface area contributed by atoms with Crippen LogP contribution in [0.4, 0.5) is 5.69 Å². The Morgan fingerprint density at radius 3 is 2.73 bits per heavy atom. The van der Waals surface area contributed by atoms with Crippen LogP contribution in [0.3, 0.4) is 0 Å². The van der Waals surface area contributed by atoms with Crippen molar-refractivity contribution in [1.29, 1.82) is 0 Å². The first-order valence-electron chi connectivity index (χ1n) is 5.63. The lowest BCUT2D eigenvalue weighted by Gasteiger charge is -2.11. The van der Waals surface area contributed by atoms with Crippen molar-refractivity contribution in [3.05, 3.63) is 29.3 Å². The predicted molar refractivity (Wildman–Crippen MR) is 65.5 cm³/mol. The molecular weight excluding hydrogens is 186 g/mol. The van der Waals surface area contributed by atoms with E-state index in [0.29, 0.717) is 0 Å². The third kappa shape index (κ3) is 3.92. The van der Waals surface area contributed by atoms with Crippen LogP contribution in [0.2, 0.25) is 0 Å². The van der Waals surface area contributed by atoms with Crippen LogP contribution >= 0.6 is 0 Å². The van der Waals surface area contributed by atoms with Crippen LogP contribution in [-0.2, 0) is 4.74 Å². The Labute approximate surface area is 92.6 Å². The molecule has 0 saturated heterocycles. The lowest BCUT2D eigenvalue weighted by atomic mass is 10.1. The van der Waals surface area contributed by atoms with Crippen molar-refractivity contribution in [2.75, 3.05) is 25.1 Å². The zero-order valence-corrected chi connectivity index (χ0v) is 9.97. The van der Waals surface area contributed by atoms with Gasteiger partial charge in [-0.05, 0) is 37.5 Å². The molecule has 0 aliphatic carbocycles. The number of aryl methyl sites for hydroxylation is 1. The molecule has 84 valence electrons. The van der Waals surface area contributed by atoms with Gasteiger partial charge in [-0.3, -0.25) is 0 Å². The largest absolute Gasteiger partial charge is 0.383 e. The van der Waals surface area contributed by atoms with Crippen LogP contribution in [0.1, 0.15) is 24.5 Å². The molecule has 0 aliphatic heterocycles. The number of hydrogen-bond donors (Lipinski definition) is 1. The van der Waals surface area contributed by atoms with E-state index in [2.05, 4.69) is 44.3 Å². The van der Waals surface area contributed by atoms with E-state index in [1.54, 1.807) is 0 Å². The van der Waals surface area contributed by atoms with Crippen LogP contribution < -0.4 is 5.32 Å². The van der Waals surface area contributed by atoms with Gasteiger partial charge in [-0.1, -0.05) is 19.1 Å². The molecule has 0 radical (unpaired) electrons. The average molecular weight is 207 g/mol. The predicted octanol–water partition coefficient (Wildman–Crippen LogP) is 3.14. The quantitative estimate of drug-likeness (QED) is 0.724. The number of rotatable bonds is 6. The average Bonchev–Trinajstić information content (AvgIpc) is 2.24. The molecule has 1 aromatic carbocycles. The third-order valence-electron chi connectivity index (χ3n) is 2.51. The van der Waals surface area contributed by atoms with E-state index in [4.69, 9.17) is 4.74 Å². The van der Waals surface area contributed by atoms with Gasteiger partial charge in [-0.2, -0.15) is 0 Å².